The molecule has 0 aliphatic carbocycles. The summed E-state index contributed by atoms with van der Waals surface area (Å²) in [6, 6.07) is 18.5. The number of carbonyl (C=O) groups is 1. The SMILES string of the molecule is Cc1ccc(CCC(=O)Nc2ncc(Cc3cccc4ccccc34)s2)o1. The van der Waals surface area contributed by atoms with Crippen LogP contribution in [0.5, 0.6) is 0 Å². The second-order valence-corrected chi connectivity index (χ2v) is 7.62. The summed E-state index contributed by atoms with van der Waals surface area (Å²) in [5.41, 5.74) is 1.27. The number of fused-ring (bicyclic) bond motifs is 1. The van der Waals surface area contributed by atoms with E-state index in [4.69, 9.17) is 4.42 Å². The predicted octanol–water partition coefficient (Wildman–Crippen LogP) is 5.36. The van der Waals surface area contributed by atoms with Gasteiger partial charge in [0.2, 0.25) is 5.91 Å². The zero-order valence-electron chi connectivity index (χ0n) is 15.1. The van der Waals surface area contributed by atoms with Crippen molar-refractivity contribution in [2.45, 2.75) is 26.2 Å². The maximum atomic E-state index is 12.1. The molecule has 4 aromatic rings. The van der Waals surface area contributed by atoms with Crippen LogP contribution in [0.4, 0.5) is 5.13 Å². The highest BCUT2D eigenvalue weighted by Crippen LogP contribution is 2.25. The number of carbonyl (C=O) groups excluding carboxylic acids is 1. The number of aryl methyl sites for hydroxylation is 2. The molecule has 1 amide bonds. The molecule has 0 atom stereocenters. The second-order valence-electron chi connectivity index (χ2n) is 6.51. The van der Waals surface area contributed by atoms with Crippen molar-refractivity contribution in [3.8, 4) is 0 Å². The summed E-state index contributed by atoms with van der Waals surface area (Å²) in [4.78, 5) is 17.6. The lowest BCUT2D eigenvalue weighted by Gasteiger charge is -2.04. The average Bonchev–Trinajstić information content (AvgIpc) is 3.29. The van der Waals surface area contributed by atoms with Crippen LogP contribution in [-0.2, 0) is 17.6 Å². The number of hydrogen-bond acceptors (Lipinski definition) is 4. The second kappa shape index (κ2) is 7.76. The summed E-state index contributed by atoms with van der Waals surface area (Å²) >= 11 is 1.52. The quantitative estimate of drug-likeness (QED) is 0.493. The van der Waals surface area contributed by atoms with Crippen molar-refractivity contribution in [3.63, 3.8) is 0 Å². The number of hydrogen-bond donors (Lipinski definition) is 1. The van der Waals surface area contributed by atoms with Crippen molar-refractivity contribution < 1.29 is 9.21 Å². The van der Waals surface area contributed by atoms with E-state index in [0.29, 0.717) is 18.0 Å². The van der Waals surface area contributed by atoms with E-state index in [9.17, 15) is 4.79 Å². The zero-order chi connectivity index (χ0) is 18.6. The molecule has 0 aliphatic heterocycles. The molecule has 136 valence electrons. The lowest BCUT2D eigenvalue weighted by Crippen LogP contribution is -2.11. The molecule has 4 nitrogen and oxygen atoms in total. The van der Waals surface area contributed by atoms with Gasteiger partial charge in [-0.2, -0.15) is 0 Å². The van der Waals surface area contributed by atoms with E-state index >= 15 is 0 Å². The van der Waals surface area contributed by atoms with Crippen LogP contribution in [0.3, 0.4) is 0 Å². The third kappa shape index (κ3) is 4.26. The van der Waals surface area contributed by atoms with Gasteiger partial charge in [-0.25, -0.2) is 4.98 Å². The van der Waals surface area contributed by atoms with Crippen molar-refractivity contribution in [2.24, 2.45) is 0 Å². The Kier molecular flexibility index (Phi) is 5.03. The third-order valence-electron chi connectivity index (χ3n) is 4.44. The first kappa shape index (κ1) is 17.5. The number of furan rings is 1. The summed E-state index contributed by atoms with van der Waals surface area (Å²) in [5.74, 6) is 1.65. The Morgan fingerprint density at radius 2 is 1.96 bits per heavy atom. The van der Waals surface area contributed by atoms with Crippen molar-refractivity contribution in [2.75, 3.05) is 5.32 Å². The molecule has 0 unspecified atom stereocenters. The van der Waals surface area contributed by atoms with Gasteiger partial charge in [0.1, 0.15) is 11.5 Å². The van der Waals surface area contributed by atoms with E-state index in [1.54, 1.807) is 0 Å². The van der Waals surface area contributed by atoms with Gasteiger partial charge in [-0.1, -0.05) is 42.5 Å². The number of amides is 1. The number of anilines is 1. The maximum Gasteiger partial charge on any atom is 0.226 e. The van der Waals surface area contributed by atoms with Crippen molar-refractivity contribution in [3.05, 3.63) is 82.8 Å². The average molecular weight is 376 g/mol. The smallest absolute Gasteiger partial charge is 0.226 e. The molecule has 2 heterocycles. The number of aromatic nitrogens is 1. The standard InChI is InChI=1S/C22H20N2O2S/c1-15-9-10-18(26-15)11-12-21(25)24-22-23-14-19(27-22)13-17-7-4-6-16-5-2-3-8-20(16)17/h2-10,14H,11-13H2,1H3,(H,23,24,25). The van der Waals surface area contributed by atoms with Gasteiger partial charge in [0.25, 0.3) is 0 Å². The van der Waals surface area contributed by atoms with Gasteiger partial charge < -0.3 is 9.73 Å². The van der Waals surface area contributed by atoms with E-state index in [2.05, 4.69) is 52.8 Å². The fraction of sp³-hybridized carbons (Fsp3) is 0.182. The first-order valence-corrected chi connectivity index (χ1v) is 9.75. The van der Waals surface area contributed by atoms with Crippen LogP contribution in [0.2, 0.25) is 0 Å². The summed E-state index contributed by atoms with van der Waals surface area (Å²) < 4.78 is 5.50. The monoisotopic (exact) mass is 376 g/mol. The van der Waals surface area contributed by atoms with Gasteiger partial charge >= 0.3 is 0 Å². The van der Waals surface area contributed by atoms with Crippen LogP contribution in [0.15, 0.2) is 65.2 Å². The molecule has 0 radical (unpaired) electrons. The van der Waals surface area contributed by atoms with E-state index < -0.39 is 0 Å². The summed E-state index contributed by atoms with van der Waals surface area (Å²) in [5, 5.41) is 6.03. The molecule has 1 N–H and O–H groups in total. The molecule has 0 aliphatic rings. The van der Waals surface area contributed by atoms with Gasteiger partial charge in [-0.05, 0) is 35.4 Å². The molecular weight excluding hydrogens is 356 g/mol. The Balaban J connectivity index is 1.38. The fourth-order valence-electron chi connectivity index (χ4n) is 3.12. The molecule has 4 rings (SSSR count). The highest BCUT2D eigenvalue weighted by atomic mass is 32.1. The predicted molar refractivity (Wildman–Crippen MR) is 109 cm³/mol. The normalized spacial score (nSPS) is 11.0. The summed E-state index contributed by atoms with van der Waals surface area (Å²) in [6.07, 6.45) is 3.62. The van der Waals surface area contributed by atoms with Crippen LogP contribution in [0.1, 0.15) is 28.4 Å². The van der Waals surface area contributed by atoms with Crippen LogP contribution in [-0.4, -0.2) is 10.9 Å². The topological polar surface area (TPSA) is 55.1 Å². The minimum Gasteiger partial charge on any atom is -0.466 e. The molecule has 2 aromatic heterocycles. The van der Waals surface area contributed by atoms with Crippen molar-refractivity contribution >= 4 is 33.1 Å². The number of nitrogens with zero attached hydrogens (tertiary/aromatic N) is 1. The Labute approximate surface area is 161 Å². The molecule has 2 aromatic carbocycles. The first-order chi connectivity index (χ1) is 13.2. The van der Waals surface area contributed by atoms with E-state index in [0.717, 1.165) is 22.8 Å². The van der Waals surface area contributed by atoms with Crippen LogP contribution < -0.4 is 5.32 Å². The van der Waals surface area contributed by atoms with E-state index in [1.807, 2.05) is 25.3 Å². The van der Waals surface area contributed by atoms with Crippen LogP contribution >= 0.6 is 11.3 Å². The van der Waals surface area contributed by atoms with Crippen LogP contribution in [0.25, 0.3) is 10.8 Å². The van der Waals surface area contributed by atoms with Gasteiger partial charge in [-0.3, -0.25) is 4.79 Å². The molecule has 0 spiro atoms. The van der Waals surface area contributed by atoms with Crippen molar-refractivity contribution in [1.82, 2.24) is 4.98 Å². The fourth-order valence-corrected chi connectivity index (χ4v) is 3.97. The van der Waals surface area contributed by atoms with Crippen LogP contribution in [0, 0.1) is 6.92 Å². The number of thiazole rings is 1. The lowest BCUT2D eigenvalue weighted by molar-refractivity contribution is -0.116. The molecule has 0 bridgehead atoms. The lowest BCUT2D eigenvalue weighted by atomic mass is 10.0. The summed E-state index contributed by atoms with van der Waals surface area (Å²) in [6.45, 7) is 1.90. The minimum absolute atomic E-state index is 0.0462. The molecule has 0 fully saturated rings. The maximum absolute atomic E-state index is 12.1. The van der Waals surface area contributed by atoms with Gasteiger partial charge in [-0.15, -0.1) is 11.3 Å². The molecule has 0 saturated heterocycles. The zero-order valence-corrected chi connectivity index (χ0v) is 15.9. The Morgan fingerprint density at radius 3 is 2.81 bits per heavy atom. The molecule has 27 heavy (non-hydrogen) atoms. The summed E-state index contributed by atoms with van der Waals surface area (Å²) in [7, 11) is 0. The number of rotatable bonds is 6. The Bertz CT molecular complexity index is 1080. The largest absolute Gasteiger partial charge is 0.466 e. The molecular formula is C22H20N2O2S. The highest BCUT2D eigenvalue weighted by Gasteiger charge is 2.10. The highest BCUT2D eigenvalue weighted by molar-refractivity contribution is 7.15. The Hall–Kier alpha value is -2.92. The first-order valence-electron chi connectivity index (χ1n) is 8.94. The van der Waals surface area contributed by atoms with E-state index in [-0.39, 0.29) is 5.91 Å². The third-order valence-corrected chi connectivity index (χ3v) is 5.35. The molecule has 0 saturated carbocycles. The number of benzene rings is 2. The van der Waals surface area contributed by atoms with Gasteiger partial charge in [0.15, 0.2) is 5.13 Å². The number of nitrogens with one attached hydrogen (secondary N) is 1. The van der Waals surface area contributed by atoms with Gasteiger partial charge in [0, 0.05) is 30.3 Å². The Morgan fingerprint density at radius 1 is 1.11 bits per heavy atom. The molecule has 5 heteroatoms. The van der Waals surface area contributed by atoms with Gasteiger partial charge in [0.05, 0.1) is 0 Å². The van der Waals surface area contributed by atoms with Crippen molar-refractivity contribution in [1.29, 1.82) is 0 Å². The minimum atomic E-state index is -0.0462. The van der Waals surface area contributed by atoms with E-state index in [1.165, 1.54) is 27.7 Å².